The largest absolute Gasteiger partial charge is 0.522 e. The summed E-state index contributed by atoms with van der Waals surface area (Å²) < 4.78 is 131. The van der Waals surface area contributed by atoms with Crippen molar-refractivity contribution in [3.8, 4) is 0 Å². The van der Waals surface area contributed by atoms with Gasteiger partial charge in [0.1, 0.15) is 6.26 Å². The zero-order valence-electron chi connectivity index (χ0n) is 76.2. The fraction of sp³-hybridized carbons (Fsp3) is 0.849. The van der Waals surface area contributed by atoms with E-state index in [4.69, 9.17) is 4.74 Å². The quantitative estimate of drug-likeness (QED) is 0.156. The lowest BCUT2D eigenvalue weighted by Crippen LogP contribution is -2.31. The Morgan fingerprint density at radius 1 is 0.271 bits per heavy atom. The SMILES string of the molecule is CC1CCC(C2CCC(C(F)(F)F)CC2)CC1.CC1CCC(C2CCC(C)CC2)CC1.CC1CCC(C2CCC(C=C(F)F)CC2)CC1.CC1CCC(C2CCC(OC(F)(F)F)CC2)CC1.CC1CCC(C2CCC(OC=C(F)F)CC2)CC1.Cc1ccc(C2CCC(C)CC2)cc1.Cc1ccc(C2CCC(C3CCC(C)CC3)CC2)cc1.[HH].[HH].[HH].[HH].[HH].[HH].[HH].[HH].[HH].[HH].[HH].[HH].[HH]. The Bertz CT molecular complexity index is 3020. The van der Waals surface area contributed by atoms with Crippen molar-refractivity contribution in [3.05, 3.63) is 95.3 Å². The van der Waals surface area contributed by atoms with Gasteiger partial charge in [-0.05, 0) is 398 Å². The van der Waals surface area contributed by atoms with Gasteiger partial charge in [-0.15, -0.1) is 13.2 Å². The second kappa shape index (κ2) is 51.0. The molecule has 15 rings (SSSR count). The molecule has 0 N–H and O–H groups in total. The van der Waals surface area contributed by atoms with E-state index < -0.39 is 36.7 Å². The molecule has 0 bridgehead atoms. The van der Waals surface area contributed by atoms with Crippen LogP contribution in [0.4, 0.5) is 43.9 Å². The van der Waals surface area contributed by atoms with Crippen LogP contribution in [-0.4, -0.2) is 24.7 Å². The number of halogens is 10. The highest BCUT2D eigenvalue weighted by atomic mass is 19.4. The number of rotatable bonds is 12. The summed E-state index contributed by atoms with van der Waals surface area (Å²) in [5.41, 5.74) is 5.91. The summed E-state index contributed by atoms with van der Waals surface area (Å²) in [5.74, 6) is 18.8. The Morgan fingerprint density at radius 2 is 0.483 bits per heavy atom. The smallest absolute Gasteiger partial charge is 0.492 e. The number of hydrogen-bond acceptors (Lipinski definition) is 2. The Kier molecular flexibility index (Phi) is 42.6. The van der Waals surface area contributed by atoms with E-state index in [1.165, 1.54) is 236 Å². The molecular formula is C106H196F10O2. The van der Waals surface area contributed by atoms with Crippen LogP contribution >= 0.6 is 0 Å². The molecule has 2 aromatic rings. The summed E-state index contributed by atoms with van der Waals surface area (Å²) in [5, 5.41) is 0. The second-order valence-corrected chi connectivity index (χ2v) is 43.0. The first-order chi connectivity index (χ1) is 56.4. The van der Waals surface area contributed by atoms with Gasteiger partial charge in [0.2, 0.25) is 0 Å². The number of benzene rings is 2. The summed E-state index contributed by atoms with van der Waals surface area (Å²) in [7, 11) is 0. The van der Waals surface area contributed by atoms with Gasteiger partial charge in [0, 0.05) is 18.5 Å². The predicted octanol–water partition coefficient (Wildman–Crippen LogP) is 38.8. The molecule has 2 nitrogen and oxygen atoms in total. The zero-order valence-corrected chi connectivity index (χ0v) is 76.2. The first-order valence-electron chi connectivity index (χ1n) is 50.1. The third-order valence-electron chi connectivity index (χ3n) is 33.8. The van der Waals surface area contributed by atoms with Crippen LogP contribution in [0.5, 0.6) is 0 Å². The van der Waals surface area contributed by atoms with Gasteiger partial charge in [0.05, 0.1) is 18.1 Å². The highest BCUT2D eigenvalue weighted by Gasteiger charge is 2.44. The lowest BCUT2D eigenvalue weighted by molar-refractivity contribution is -0.346. The van der Waals surface area contributed by atoms with Crippen molar-refractivity contribution in [2.24, 2.45) is 130 Å². The van der Waals surface area contributed by atoms with Gasteiger partial charge in [-0.25, -0.2) is 0 Å². The fourth-order valence-corrected chi connectivity index (χ4v) is 25.1. The standard InChI is InChI=1S/C20H30.C15H24F2O.C15H24F2.C14H23F3O.C14H23F3.C14H26.C14H20.13H2/c1-15-3-7-17(8-4-15)19-11-13-20(14-12-19)18-9-5-16(2)6-10-18;1-11-2-4-12(5-3-11)13-6-8-14(9-7-13)18-10-15(16)17;1-11-2-6-13(7-3-11)14-8-4-12(5-9-14)10-15(16)17;1-10-2-4-11(5-3-10)12-6-8-13(9-7-12)18-14(15,16)17;1-10-2-4-11(5-3-10)12-6-8-13(9-7-12)14(15,16)17;2*1-11-3-7-13(8-4-11)14-9-5-12(2)6-10-14;;;;;;;;;;;;;/h3-4,7-8,16,18-20H,5-6,9-14H2,1-2H3;10-14H,2-9H2,1H3;10-14H,2-9H2,1H3;10-13H,2-9H2,1H3;10-13H,2-9H2,1H3;11-14H,3-10H2,1-2H3;3-4,7-8,12,14H,5-6,9-10H2,1-2H3;13*1H. The van der Waals surface area contributed by atoms with Crippen molar-refractivity contribution in [1.82, 2.24) is 0 Å². The summed E-state index contributed by atoms with van der Waals surface area (Å²) in [6, 6.07) is 18.4. The van der Waals surface area contributed by atoms with Crippen molar-refractivity contribution in [1.29, 1.82) is 0 Å². The van der Waals surface area contributed by atoms with Gasteiger partial charge in [-0.2, -0.15) is 30.7 Å². The van der Waals surface area contributed by atoms with E-state index in [9.17, 15) is 43.9 Å². The van der Waals surface area contributed by atoms with Crippen LogP contribution in [0.25, 0.3) is 0 Å². The molecule has 0 aromatic heterocycles. The summed E-state index contributed by atoms with van der Waals surface area (Å²) in [6.07, 6.45) is 54.3. The maximum atomic E-state index is 12.6. The minimum Gasteiger partial charge on any atom is -0.492 e. The highest BCUT2D eigenvalue weighted by molar-refractivity contribution is 5.26. The molecule has 0 unspecified atom stereocenters. The number of aryl methyl sites for hydroxylation is 2. The van der Waals surface area contributed by atoms with Gasteiger partial charge in [0.25, 0.3) is 6.08 Å². The first kappa shape index (κ1) is 98.8. The van der Waals surface area contributed by atoms with E-state index in [-0.39, 0.29) is 30.6 Å². The van der Waals surface area contributed by atoms with Crippen LogP contribution in [0.3, 0.4) is 0 Å². The molecule has 13 fully saturated rings. The molecule has 0 radical (unpaired) electrons. The van der Waals surface area contributed by atoms with Crippen LogP contribution < -0.4 is 0 Å². The number of ether oxygens (including phenoxy) is 2. The van der Waals surface area contributed by atoms with Crippen LogP contribution in [0.1, 0.15) is 442 Å². The van der Waals surface area contributed by atoms with E-state index in [1.54, 1.807) is 36.8 Å². The third kappa shape index (κ3) is 35.8. The molecule has 0 spiro atoms. The molecule has 0 saturated heterocycles. The molecule has 13 aliphatic rings. The summed E-state index contributed by atoms with van der Waals surface area (Å²) in [4.78, 5) is 0. The van der Waals surface area contributed by atoms with Gasteiger partial charge < -0.3 is 4.74 Å². The van der Waals surface area contributed by atoms with Crippen molar-refractivity contribution < 1.29 is 71.9 Å². The van der Waals surface area contributed by atoms with Crippen LogP contribution in [0, 0.1) is 144 Å². The van der Waals surface area contributed by atoms with E-state index in [1.807, 2.05) is 0 Å². The summed E-state index contributed by atoms with van der Waals surface area (Å²) >= 11 is 0. The topological polar surface area (TPSA) is 18.5 Å². The minimum atomic E-state index is -4.46. The summed E-state index contributed by atoms with van der Waals surface area (Å²) in [6.45, 7) is 23.3. The molecule has 2 aromatic carbocycles. The Morgan fingerprint density at radius 3 is 0.720 bits per heavy atom. The van der Waals surface area contributed by atoms with Crippen molar-refractivity contribution in [3.63, 3.8) is 0 Å². The molecule has 13 aliphatic carbocycles. The zero-order chi connectivity index (χ0) is 84.7. The van der Waals surface area contributed by atoms with Gasteiger partial charge in [-0.1, -0.05) is 218 Å². The normalized spacial score (nSPS) is 37.5. The molecule has 12 heteroatoms. The van der Waals surface area contributed by atoms with Crippen LogP contribution in [-0.2, 0) is 9.47 Å². The molecule has 118 heavy (non-hydrogen) atoms. The molecule has 13 saturated carbocycles. The van der Waals surface area contributed by atoms with Gasteiger partial charge in [0.15, 0.2) is 0 Å². The number of alkyl halides is 6. The molecular weight excluding hydrogens is 1500 g/mol. The monoisotopic (exact) mass is 1690 g/mol. The minimum absolute atomic E-state index is 0. The highest BCUT2D eigenvalue weighted by Crippen LogP contribution is 2.50. The van der Waals surface area contributed by atoms with Gasteiger partial charge in [-0.3, -0.25) is 4.74 Å². The average Bonchev–Trinajstić information content (AvgIpc) is 0.836. The van der Waals surface area contributed by atoms with E-state index in [0.29, 0.717) is 43.8 Å². The van der Waals surface area contributed by atoms with Crippen LogP contribution in [0.2, 0.25) is 0 Å². The third-order valence-corrected chi connectivity index (χ3v) is 33.8. The second-order valence-electron chi connectivity index (χ2n) is 43.0. The van der Waals surface area contributed by atoms with E-state index in [0.717, 1.165) is 183 Å². The Labute approximate surface area is 734 Å². The Hall–Kier alpha value is -3.02. The lowest BCUT2D eigenvalue weighted by Gasteiger charge is -2.37. The van der Waals surface area contributed by atoms with Crippen LogP contribution in [0.15, 0.2) is 73.0 Å². The number of allylic oxidation sites excluding steroid dienone is 1. The molecule has 0 aliphatic heterocycles. The van der Waals surface area contributed by atoms with Crippen molar-refractivity contribution in [2.45, 2.75) is 440 Å². The molecule has 0 amide bonds. The van der Waals surface area contributed by atoms with Crippen molar-refractivity contribution >= 4 is 0 Å². The molecule has 702 valence electrons. The molecule has 0 atom stereocenters. The maximum Gasteiger partial charge on any atom is 0.522 e. The van der Waals surface area contributed by atoms with E-state index >= 15 is 0 Å². The molecule has 0 heterocycles. The first-order valence-corrected chi connectivity index (χ1v) is 50.1. The fourth-order valence-electron chi connectivity index (χ4n) is 25.1. The maximum absolute atomic E-state index is 12.6. The van der Waals surface area contributed by atoms with Crippen molar-refractivity contribution in [2.75, 3.05) is 0 Å². The van der Waals surface area contributed by atoms with E-state index in [2.05, 4.69) is 123 Å². The lowest BCUT2D eigenvalue weighted by atomic mass is 9.68. The Balaban J connectivity index is -0.000000465. The average molecular weight is 1690 g/mol. The van der Waals surface area contributed by atoms with Gasteiger partial charge >= 0.3 is 18.6 Å². The predicted molar refractivity (Wildman–Crippen MR) is 500 cm³/mol. The number of hydrogen-bond donors (Lipinski definition) is 0.